The van der Waals surface area contributed by atoms with Crippen LogP contribution in [0.2, 0.25) is 0 Å². The van der Waals surface area contributed by atoms with Crippen molar-refractivity contribution < 1.29 is 27.0 Å². The minimum Gasteiger partial charge on any atom is -0.478 e. The largest absolute Gasteiger partial charge is 3.00 e. The van der Waals surface area contributed by atoms with Crippen LogP contribution < -0.4 is 0 Å². The van der Waals surface area contributed by atoms with Crippen LogP contribution in [0.25, 0.3) is 5.57 Å². The minimum absolute atomic E-state index is 0. The summed E-state index contributed by atoms with van der Waals surface area (Å²) in [5, 5.41) is 17.2. The standard InChI is InChI=1S/C18H13N2O2.C5H5.Fe/c21-18(22)14-8-10-16(11-9-14)19-20-17-7-3-6-15(12-17)13-4-1-2-5-13;1-2-4-5-3-1;/h1-12H,(H,21,22);1-5H;/q2*-1;+3. The van der Waals surface area contributed by atoms with Crippen molar-refractivity contribution in [1.82, 2.24) is 0 Å². The summed E-state index contributed by atoms with van der Waals surface area (Å²) in [7, 11) is 0. The summed E-state index contributed by atoms with van der Waals surface area (Å²) in [6.07, 6.45) is 8.07. The normalized spacial score (nSPS) is 12.4. The molecule has 0 saturated heterocycles. The molecule has 0 spiro atoms. The van der Waals surface area contributed by atoms with E-state index in [4.69, 9.17) is 5.11 Å². The molecule has 3 aromatic carbocycles. The van der Waals surface area contributed by atoms with E-state index in [2.05, 4.69) is 10.2 Å². The van der Waals surface area contributed by atoms with Gasteiger partial charge in [0.1, 0.15) is 0 Å². The van der Waals surface area contributed by atoms with Crippen molar-refractivity contribution in [3.8, 4) is 0 Å². The second-order valence-corrected chi connectivity index (χ2v) is 5.74. The Hall–Kier alpha value is -3.01. The van der Waals surface area contributed by atoms with Crippen molar-refractivity contribution in [3.05, 3.63) is 115 Å². The van der Waals surface area contributed by atoms with Gasteiger partial charge in [-0.25, -0.2) is 16.9 Å². The average molecular weight is 410 g/mol. The summed E-state index contributed by atoms with van der Waals surface area (Å²) in [4.78, 5) is 10.8. The van der Waals surface area contributed by atoms with E-state index in [1.807, 2.05) is 79.9 Å². The molecule has 0 saturated carbocycles. The van der Waals surface area contributed by atoms with Crippen LogP contribution in [0.5, 0.6) is 0 Å². The third-order valence-electron chi connectivity index (χ3n) is 3.79. The number of allylic oxidation sites excluding steroid dienone is 2. The van der Waals surface area contributed by atoms with Gasteiger partial charge in [-0.2, -0.15) is 46.5 Å². The Morgan fingerprint density at radius 3 is 2.18 bits per heavy atom. The van der Waals surface area contributed by atoms with E-state index in [1.165, 1.54) is 12.1 Å². The van der Waals surface area contributed by atoms with Crippen molar-refractivity contribution in [2.45, 2.75) is 0 Å². The second kappa shape index (κ2) is 11.0. The molecule has 0 bridgehead atoms. The fraction of sp³-hybridized carbons (Fsp3) is 0. The van der Waals surface area contributed by atoms with Gasteiger partial charge in [0.25, 0.3) is 0 Å². The molecule has 0 amide bonds. The van der Waals surface area contributed by atoms with E-state index >= 15 is 0 Å². The monoisotopic (exact) mass is 410 g/mol. The van der Waals surface area contributed by atoms with Crippen molar-refractivity contribution in [2.24, 2.45) is 10.2 Å². The predicted molar refractivity (Wildman–Crippen MR) is 107 cm³/mol. The van der Waals surface area contributed by atoms with Gasteiger partial charge in [-0.1, -0.05) is 25.0 Å². The summed E-state index contributed by atoms with van der Waals surface area (Å²) in [5.41, 5.74) is 3.83. The van der Waals surface area contributed by atoms with E-state index in [0.29, 0.717) is 5.69 Å². The molecule has 0 atom stereocenters. The molecular formula is C23H18FeN2O2+. The van der Waals surface area contributed by atoms with Crippen LogP contribution in [0.1, 0.15) is 15.9 Å². The zero-order chi connectivity index (χ0) is 18.9. The third-order valence-corrected chi connectivity index (χ3v) is 3.79. The van der Waals surface area contributed by atoms with Crippen LogP contribution in [0.4, 0.5) is 11.4 Å². The van der Waals surface area contributed by atoms with Crippen molar-refractivity contribution in [3.63, 3.8) is 0 Å². The number of azo groups is 1. The predicted octanol–water partition coefficient (Wildman–Crippen LogP) is 6.21. The Morgan fingerprint density at radius 1 is 0.893 bits per heavy atom. The van der Waals surface area contributed by atoms with Gasteiger partial charge in [-0.3, -0.25) is 0 Å². The molecule has 1 aliphatic carbocycles. The van der Waals surface area contributed by atoms with E-state index in [-0.39, 0.29) is 22.6 Å². The number of carboxylic acid groups (broad SMARTS) is 1. The molecule has 0 heterocycles. The van der Waals surface area contributed by atoms with Crippen LogP contribution in [-0.2, 0) is 17.1 Å². The Balaban J connectivity index is 0.000000408. The van der Waals surface area contributed by atoms with Crippen molar-refractivity contribution in [2.75, 3.05) is 0 Å². The van der Waals surface area contributed by atoms with Gasteiger partial charge >= 0.3 is 23.0 Å². The zero-order valence-corrected chi connectivity index (χ0v) is 16.0. The molecule has 1 N–H and O–H groups in total. The molecule has 3 aromatic rings. The summed E-state index contributed by atoms with van der Waals surface area (Å²) >= 11 is 0. The van der Waals surface area contributed by atoms with Gasteiger partial charge in [0, 0.05) is 0 Å². The average Bonchev–Trinajstić information content (AvgIpc) is 3.43. The molecule has 0 unspecified atom stereocenters. The van der Waals surface area contributed by atoms with E-state index < -0.39 is 5.97 Å². The second-order valence-electron chi connectivity index (χ2n) is 5.74. The number of benzene rings is 2. The van der Waals surface area contributed by atoms with E-state index in [0.717, 1.165) is 16.8 Å². The minimum atomic E-state index is -0.953. The maximum absolute atomic E-state index is 10.8. The smallest absolute Gasteiger partial charge is 0.478 e. The molecule has 139 valence electrons. The van der Waals surface area contributed by atoms with E-state index in [1.54, 1.807) is 12.1 Å². The molecule has 4 rings (SSSR count). The van der Waals surface area contributed by atoms with Crippen LogP contribution in [0.15, 0.2) is 95.2 Å². The van der Waals surface area contributed by atoms with Crippen LogP contribution >= 0.6 is 0 Å². The molecule has 3 radical (unpaired) electrons. The van der Waals surface area contributed by atoms with Crippen molar-refractivity contribution >= 4 is 22.9 Å². The van der Waals surface area contributed by atoms with Gasteiger partial charge in [-0.05, 0) is 30.3 Å². The molecule has 1 aliphatic rings. The summed E-state index contributed by atoms with van der Waals surface area (Å²) < 4.78 is 0. The fourth-order valence-electron chi connectivity index (χ4n) is 2.42. The van der Waals surface area contributed by atoms with Gasteiger partial charge < -0.3 is 5.11 Å². The number of carbonyl (C=O) groups is 1. The quantitative estimate of drug-likeness (QED) is 0.316. The number of rotatable bonds is 4. The van der Waals surface area contributed by atoms with Crippen LogP contribution in [0, 0.1) is 19.3 Å². The first-order chi connectivity index (χ1) is 13.2. The summed E-state index contributed by atoms with van der Waals surface area (Å²) in [6.45, 7) is 0. The van der Waals surface area contributed by atoms with E-state index in [9.17, 15) is 4.79 Å². The third kappa shape index (κ3) is 6.30. The van der Waals surface area contributed by atoms with Gasteiger partial charge in [0.05, 0.1) is 16.9 Å². The maximum Gasteiger partial charge on any atom is 3.00 e. The van der Waals surface area contributed by atoms with Crippen LogP contribution in [-0.4, -0.2) is 11.1 Å². The van der Waals surface area contributed by atoms with Crippen LogP contribution in [0.3, 0.4) is 0 Å². The number of nitrogens with zero attached hydrogens (tertiary/aromatic N) is 2. The molecule has 5 heteroatoms. The Morgan fingerprint density at radius 2 is 1.61 bits per heavy atom. The first kappa shape index (κ1) is 21.3. The first-order valence-electron chi connectivity index (χ1n) is 8.46. The molecule has 28 heavy (non-hydrogen) atoms. The summed E-state index contributed by atoms with van der Waals surface area (Å²) in [6, 6.07) is 24.1. The maximum atomic E-state index is 10.8. The number of hydrogen-bond donors (Lipinski definition) is 1. The van der Waals surface area contributed by atoms with Gasteiger partial charge in [0.2, 0.25) is 0 Å². The van der Waals surface area contributed by atoms with Gasteiger partial charge in [0.15, 0.2) is 0 Å². The number of hydrogen-bond acceptors (Lipinski definition) is 3. The molecule has 0 aliphatic heterocycles. The Kier molecular flexibility index (Phi) is 8.35. The molecular weight excluding hydrogens is 392 g/mol. The zero-order valence-electron chi connectivity index (χ0n) is 14.9. The van der Waals surface area contributed by atoms with Gasteiger partial charge in [-0.15, -0.1) is 11.6 Å². The fourth-order valence-corrected chi connectivity index (χ4v) is 2.42. The first-order valence-corrected chi connectivity index (χ1v) is 8.46. The number of carboxylic acids is 1. The van der Waals surface area contributed by atoms with Crippen molar-refractivity contribution in [1.29, 1.82) is 0 Å². The topological polar surface area (TPSA) is 62.0 Å². The SMILES string of the molecule is O=C(O)c1ccc(N=Nc2cccc(C3=C[CH][CH][CH-]3)c2)cc1.[Fe+3].c1cc[cH-]c1. The molecule has 0 fully saturated rings. The summed E-state index contributed by atoms with van der Waals surface area (Å²) in [5.74, 6) is -0.953. The molecule has 4 nitrogen and oxygen atoms in total. The number of aromatic carboxylic acids is 1. The Bertz CT molecular complexity index is 912. The molecule has 0 aromatic heterocycles. The Labute approximate surface area is 175 Å².